The van der Waals surface area contributed by atoms with Gasteiger partial charge in [0.2, 0.25) is 5.91 Å². The van der Waals surface area contributed by atoms with Gasteiger partial charge in [-0.15, -0.1) is 0 Å². The van der Waals surface area contributed by atoms with Gasteiger partial charge in [0.25, 0.3) is 0 Å². The third-order valence-electron chi connectivity index (χ3n) is 5.48. The summed E-state index contributed by atoms with van der Waals surface area (Å²) in [5.41, 5.74) is 2.38. The standard InChI is InChI=1S/C24H25N3O6S/c1-14-21(23(29)32-4)22(15-8-18(30-2)11-19(9-15)31-3)27-16(13-34-24(27)26-14)10-20(28)25-12-17-6-5-7-33-17/h5-9,11,13,22H,10,12H2,1-4H3,(H,25,28)/t22-/m0/s1. The van der Waals surface area contributed by atoms with Crippen LogP contribution in [0.1, 0.15) is 30.7 Å². The fourth-order valence-electron chi connectivity index (χ4n) is 3.87. The van der Waals surface area contributed by atoms with Crippen LogP contribution in [0, 0.1) is 0 Å². The summed E-state index contributed by atoms with van der Waals surface area (Å²) in [6.45, 7) is 2.06. The molecule has 34 heavy (non-hydrogen) atoms. The van der Waals surface area contributed by atoms with E-state index < -0.39 is 12.0 Å². The average Bonchev–Trinajstić information content (AvgIpc) is 3.51. The predicted molar refractivity (Wildman–Crippen MR) is 127 cm³/mol. The smallest absolute Gasteiger partial charge is 0.338 e. The van der Waals surface area contributed by atoms with Gasteiger partial charge < -0.3 is 28.8 Å². The number of amides is 1. The van der Waals surface area contributed by atoms with Crippen LogP contribution in [0.3, 0.4) is 0 Å². The van der Waals surface area contributed by atoms with Crippen molar-refractivity contribution >= 4 is 28.8 Å². The molecular formula is C24H25N3O6S. The highest BCUT2D eigenvalue weighted by Gasteiger charge is 2.41. The minimum absolute atomic E-state index is 0.0951. The van der Waals surface area contributed by atoms with Crippen molar-refractivity contribution in [1.29, 1.82) is 0 Å². The Morgan fingerprint density at radius 1 is 1.18 bits per heavy atom. The lowest BCUT2D eigenvalue weighted by atomic mass is 9.93. The highest BCUT2D eigenvalue weighted by molar-refractivity contribution is 8.16. The van der Waals surface area contributed by atoms with Gasteiger partial charge in [-0.3, -0.25) is 4.79 Å². The topological polar surface area (TPSA) is 103 Å². The van der Waals surface area contributed by atoms with E-state index in [1.54, 1.807) is 45.6 Å². The molecule has 9 nitrogen and oxygen atoms in total. The molecule has 1 aromatic heterocycles. The Kier molecular flexibility index (Phi) is 6.97. The normalized spacial score (nSPS) is 17.1. The first kappa shape index (κ1) is 23.5. The number of benzene rings is 1. The molecule has 3 heterocycles. The van der Waals surface area contributed by atoms with E-state index >= 15 is 0 Å². The van der Waals surface area contributed by atoms with E-state index in [0.717, 1.165) is 5.56 Å². The van der Waals surface area contributed by atoms with Crippen LogP contribution >= 0.6 is 11.8 Å². The van der Waals surface area contributed by atoms with Crippen molar-refractivity contribution in [2.24, 2.45) is 4.99 Å². The molecule has 0 radical (unpaired) electrons. The highest BCUT2D eigenvalue weighted by atomic mass is 32.2. The lowest BCUT2D eigenvalue weighted by molar-refractivity contribution is -0.136. The zero-order valence-corrected chi connectivity index (χ0v) is 20.1. The molecule has 178 valence electrons. The van der Waals surface area contributed by atoms with Gasteiger partial charge in [0.05, 0.1) is 57.9 Å². The highest BCUT2D eigenvalue weighted by Crippen LogP contribution is 2.46. The molecule has 0 unspecified atom stereocenters. The lowest BCUT2D eigenvalue weighted by Crippen LogP contribution is -2.37. The maximum Gasteiger partial charge on any atom is 0.338 e. The molecule has 0 spiro atoms. The van der Waals surface area contributed by atoms with Crippen LogP contribution in [0.15, 0.2) is 68.4 Å². The van der Waals surface area contributed by atoms with Crippen molar-refractivity contribution in [2.75, 3.05) is 21.3 Å². The van der Waals surface area contributed by atoms with Gasteiger partial charge in [-0.1, -0.05) is 11.8 Å². The summed E-state index contributed by atoms with van der Waals surface area (Å²) in [6, 6.07) is 8.41. The number of allylic oxidation sites excluding steroid dienone is 1. The lowest BCUT2D eigenvalue weighted by Gasteiger charge is -2.36. The van der Waals surface area contributed by atoms with E-state index in [4.69, 9.17) is 18.6 Å². The Hall–Kier alpha value is -3.66. The van der Waals surface area contributed by atoms with Crippen molar-refractivity contribution in [3.63, 3.8) is 0 Å². The summed E-state index contributed by atoms with van der Waals surface area (Å²) < 4.78 is 21.3. The zero-order valence-electron chi connectivity index (χ0n) is 19.3. The van der Waals surface area contributed by atoms with Crippen LogP contribution < -0.4 is 14.8 Å². The minimum Gasteiger partial charge on any atom is -0.497 e. The number of amidine groups is 1. The number of nitrogens with zero attached hydrogens (tertiary/aromatic N) is 2. The number of furan rings is 1. The predicted octanol–water partition coefficient (Wildman–Crippen LogP) is 3.75. The van der Waals surface area contributed by atoms with Crippen molar-refractivity contribution in [1.82, 2.24) is 10.2 Å². The maximum absolute atomic E-state index is 12.9. The molecule has 0 aliphatic carbocycles. The zero-order chi connectivity index (χ0) is 24.2. The molecule has 0 saturated heterocycles. The van der Waals surface area contributed by atoms with Gasteiger partial charge in [-0.2, -0.15) is 0 Å². The molecule has 10 heteroatoms. The number of hydrogen-bond donors (Lipinski definition) is 1. The number of methoxy groups -OCH3 is 3. The summed E-state index contributed by atoms with van der Waals surface area (Å²) in [6.07, 6.45) is 1.65. The van der Waals surface area contributed by atoms with Gasteiger partial charge >= 0.3 is 5.97 Å². The Morgan fingerprint density at radius 2 is 1.91 bits per heavy atom. The largest absolute Gasteiger partial charge is 0.497 e. The van der Waals surface area contributed by atoms with Gasteiger partial charge in [-0.05, 0) is 42.2 Å². The van der Waals surface area contributed by atoms with Gasteiger partial charge in [-0.25, -0.2) is 9.79 Å². The Bertz CT molecular complexity index is 1160. The number of ether oxygens (including phenoxy) is 3. The minimum atomic E-state index is -0.580. The number of fused-ring (bicyclic) bond motifs is 1. The number of nitrogens with one attached hydrogen (secondary N) is 1. The van der Waals surface area contributed by atoms with Crippen LogP contribution in [0.4, 0.5) is 0 Å². The van der Waals surface area contributed by atoms with Crippen molar-refractivity contribution < 1.29 is 28.2 Å². The first-order valence-electron chi connectivity index (χ1n) is 10.5. The van der Waals surface area contributed by atoms with Gasteiger partial charge in [0.15, 0.2) is 5.17 Å². The van der Waals surface area contributed by atoms with Crippen molar-refractivity contribution in [3.8, 4) is 11.5 Å². The summed E-state index contributed by atoms with van der Waals surface area (Å²) >= 11 is 1.40. The number of thioether (sulfide) groups is 1. The Morgan fingerprint density at radius 3 is 2.53 bits per heavy atom. The molecule has 0 saturated carbocycles. The molecule has 1 aromatic carbocycles. The summed E-state index contributed by atoms with van der Waals surface area (Å²) in [7, 11) is 4.46. The molecule has 1 N–H and O–H groups in total. The van der Waals surface area contributed by atoms with E-state index in [2.05, 4.69) is 10.3 Å². The van der Waals surface area contributed by atoms with Crippen molar-refractivity contribution in [3.05, 3.63) is 70.3 Å². The summed E-state index contributed by atoms with van der Waals surface area (Å²) in [5, 5.41) is 5.41. The average molecular weight is 484 g/mol. The van der Waals surface area contributed by atoms with E-state index in [9.17, 15) is 9.59 Å². The van der Waals surface area contributed by atoms with Crippen molar-refractivity contribution in [2.45, 2.75) is 25.9 Å². The number of aliphatic imine (C=N–C) groups is 1. The van der Waals surface area contributed by atoms with Crippen LogP contribution in [-0.2, 0) is 20.9 Å². The molecule has 0 bridgehead atoms. The van der Waals surface area contributed by atoms with E-state index in [0.29, 0.717) is 39.4 Å². The summed E-state index contributed by atoms with van der Waals surface area (Å²) in [4.78, 5) is 32.1. The molecule has 2 aliphatic rings. The molecule has 1 atom stereocenters. The second-order valence-corrected chi connectivity index (χ2v) is 8.40. The third-order valence-corrected chi connectivity index (χ3v) is 6.37. The second-order valence-electron chi connectivity index (χ2n) is 7.56. The van der Waals surface area contributed by atoms with E-state index in [1.165, 1.54) is 18.9 Å². The number of rotatable bonds is 8. The fraction of sp³-hybridized carbons (Fsp3) is 0.292. The Balaban J connectivity index is 1.69. The van der Waals surface area contributed by atoms with Crippen LogP contribution in [0.2, 0.25) is 0 Å². The number of carbonyl (C=O) groups is 2. The van der Waals surface area contributed by atoms with Crippen LogP contribution in [0.25, 0.3) is 0 Å². The van der Waals surface area contributed by atoms with Gasteiger partial charge in [0.1, 0.15) is 17.3 Å². The quantitative estimate of drug-likeness (QED) is 0.567. The fourth-order valence-corrected chi connectivity index (χ4v) is 4.83. The van der Waals surface area contributed by atoms with Crippen LogP contribution in [-0.4, -0.2) is 43.3 Å². The molecule has 4 rings (SSSR count). The Labute approximate surface area is 201 Å². The van der Waals surface area contributed by atoms with E-state index in [1.807, 2.05) is 22.4 Å². The second kappa shape index (κ2) is 10.1. The van der Waals surface area contributed by atoms with Gasteiger partial charge in [0, 0.05) is 11.8 Å². The summed E-state index contributed by atoms with van der Waals surface area (Å²) in [5.74, 6) is 1.14. The molecule has 2 aromatic rings. The molecule has 1 amide bonds. The van der Waals surface area contributed by atoms with E-state index in [-0.39, 0.29) is 18.9 Å². The maximum atomic E-state index is 12.9. The SMILES string of the molecule is COC(=O)C1=C(C)N=C2SC=C(CC(=O)NCc3ccco3)N2[C@H]1c1cc(OC)cc(OC)c1. The number of carbonyl (C=O) groups excluding carboxylic acids is 2. The monoisotopic (exact) mass is 483 g/mol. The number of esters is 1. The first-order chi connectivity index (χ1) is 16.4. The third kappa shape index (κ3) is 4.67. The number of hydrogen-bond acceptors (Lipinski definition) is 9. The first-order valence-corrected chi connectivity index (χ1v) is 11.4. The van der Waals surface area contributed by atoms with Crippen LogP contribution in [0.5, 0.6) is 11.5 Å². The molecular weight excluding hydrogens is 458 g/mol. The molecule has 2 aliphatic heterocycles. The molecule has 0 fully saturated rings.